The van der Waals surface area contributed by atoms with Gasteiger partial charge in [0.1, 0.15) is 0 Å². The van der Waals surface area contributed by atoms with Crippen molar-refractivity contribution in [2.75, 3.05) is 19.0 Å². The molecule has 0 spiro atoms. The fourth-order valence-electron chi connectivity index (χ4n) is 2.29. The Morgan fingerprint density at radius 1 is 0.955 bits per heavy atom. The normalized spacial score (nSPS) is 12.9. The van der Waals surface area contributed by atoms with E-state index < -0.39 is 0 Å². The topological polar surface area (TPSA) is 3.24 Å². The standard InChI is InChI=1S/C21H23N/c1-5-8-19(21-10-7-6-9-17(21)2)14-11-18-12-15-20(16-13-18)22(3)4/h5-16H,2H2,1,3-4H3/b8-5-,14-11+,21-19+. The van der Waals surface area contributed by atoms with Gasteiger partial charge in [-0.1, -0.05) is 67.3 Å². The fraction of sp³-hybridized carbons (Fsp3) is 0.143. The maximum Gasteiger partial charge on any atom is 0.0361 e. The highest BCUT2D eigenvalue weighted by molar-refractivity contribution is 5.73. The highest BCUT2D eigenvalue weighted by atomic mass is 15.1. The van der Waals surface area contributed by atoms with Gasteiger partial charge < -0.3 is 4.90 Å². The van der Waals surface area contributed by atoms with Crippen LogP contribution in [0.4, 0.5) is 5.69 Å². The predicted molar refractivity (Wildman–Crippen MR) is 99.2 cm³/mol. The first kappa shape index (κ1) is 15.8. The maximum absolute atomic E-state index is 4.12. The van der Waals surface area contributed by atoms with Gasteiger partial charge in [-0.15, -0.1) is 0 Å². The summed E-state index contributed by atoms with van der Waals surface area (Å²) in [6.07, 6.45) is 8.46. The molecule has 0 bridgehead atoms. The van der Waals surface area contributed by atoms with E-state index in [4.69, 9.17) is 0 Å². The van der Waals surface area contributed by atoms with Crippen molar-refractivity contribution in [1.82, 2.24) is 0 Å². The molecule has 2 aromatic rings. The number of nitrogens with zero attached hydrogens (tertiary/aromatic N) is 1. The van der Waals surface area contributed by atoms with E-state index in [0.717, 1.165) is 5.22 Å². The summed E-state index contributed by atoms with van der Waals surface area (Å²) in [5.41, 5.74) is 3.57. The molecule has 0 fully saturated rings. The summed E-state index contributed by atoms with van der Waals surface area (Å²) in [4.78, 5) is 2.10. The van der Waals surface area contributed by atoms with Gasteiger partial charge in [0.15, 0.2) is 0 Å². The van der Waals surface area contributed by atoms with Crippen LogP contribution in [0.3, 0.4) is 0 Å². The quantitative estimate of drug-likeness (QED) is 0.831. The third-order valence-corrected chi connectivity index (χ3v) is 3.54. The number of hydrogen-bond donors (Lipinski definition) is 0. The molecule has 0 atom stereocenters. The van der Waals surface area contributed by atoms with Crippen LogP contribution in [0.2, 0.25) is 0 Å². The molecule has 0 radical (unpaired) electrons. The van der Waals surface area contributed by atoms with Crippen molar-refractivity contribution in [2.45, 2.75) is 6.92 Å². The first-order valence-corrected chi connectivity index (χ1v) is 7.48. The van der Waals surface area contributed by atoms with Crippen molar-refractivity contribution >= 4 is 23.9 Å². The molecule has 22 heavy (non-hydrogen) atoms. The molecule has 0 aliphatic rings. The summed E-state index contributed by atoms with van der Waals surface area (Å²) in [5.74, 6) is 0. The van der Waals surface area contributed by atoms with Gasteiger partial charge in [-0.25, -0.2) is 0 Å². The summed E-state index contributed by atoms with van der Waals surface area (Å²) in [6.45, 7) is 6.15. The van der Waals surface area contributed by atoms with E-state index in [-0.39, 0.29) is 0 Å². The molecule has 1 heteroatoms. The molecule has 112 valence electrons. The van der Waals surface area contributed by atoms with E-state index in [9.17, 15) is 0 Å². The minimum atomic E-state index is 1.04. The lowest BCUT2D eigenvalue weighted by atomic mass is 10.1. The third kappa shape index (κ3) is 3.98. The van der Waals surface area contributed by atoms with Gasteiger partial charge in [-0.3, -0.25) is 0 Å². The fourth-order valence-corrected chi connectivity index (χ4v) is 2.29. The number of hydrogen-bond acceptors (Lipinski definition) is 1. The Labute approximate surface area is 133 Å². The van der Waals surface area contributed by atoms with E-state index in [0.29, 0.717) is 0 Å². The van der Waals surface area contributed by atoms with Gasteiger partial charge >= 0.3 is 0 Å². The minimum absolute atomic E-state index is 1.04. The van der Waals surface area contributed by atoms with E-state index in [1.807, 2.05) is 39.2 Å². The van der Waals surface area contributed by atoms with Crippen molar-refractivity contribution in [2.24, 2.45) is 0 Å². The van der Waals surface area contributed by atoms with Crippen LogP contribution >= 0.6 is 0 Å². The molecule has 0 heterocycles. The van der Waals surface area contributed by atoms with Crippen molar-refractivity contribution in [3.8, 4) is 0 Å². The highest BCUT2D eigenvalue weighted by Gasteiger charge is 1.95. The lowest BCUT2D eigenvalue weighted by Crippen LogP contribution is -2.23. The molecule has 0 unspecified atom stereocenters. The molecule has 0 amide bonds. The molecule has 2 rings (SSSR count). The van der Waals surface area contributed by atoms with Crippen LogP contribution in [0.25, 0.3) is 18.2 Å². The van der Waals surface area contributed by atoms with Crippen LogP contribution in [0.5, 0.6) is 0 Å². The Morgan fingerprint density at radius 2 is 1.64 bits per heavy atom. The van der Waals surface area contributed by atoms with E-state index in [2.05, 4.69) is 66.1 Å². The van der Waals surface area contributed by atoms with Crippen molar-refractivity contribution < 1.29 is 0 Å². The van der Waals surface area contributed by atoms with Gasteiger partial charge in [0.2, 0.25) is 0 Å². The van der Waals surface area contributed by atoms with Crippen molar-refractivity contribution in [3.05, 3.63) is 82.8 Å². The van der Waals surface area contributed by atoms with Crippen LogP contribution in [0, 0.1) is 0 Å². The van der Waals surface area contributed by atoms with Gasteiger partial charge in [0.25, 0.3) is 0 Å². The van der Waals surface area contributed by atoms with Crippen LogP contribution in [0.15, 0.2) is 66.8 Å². The zero-order chi connectivity index (χ0) is 15.9. The Balaban J connectivity index is 2.39. The Hall–Kier alpha value is -2.54. The second-order valence-electron chi connectivity index (χ2n) is 5.43. The number of rotatable bonds is 4. The summed E-state index contributed by atoms with van der Waals surface area (Å²) < 4.78 is 0. The molecule has 1 nitrogen and oxygen atoms in total. The molecule has 0 aliphatic heterocycles. The molecule has 0 N–H and O–H groups in total. The van der Waals surface area contributed by atoms with E-state index in [1.54, 1.807) is 0 Å². The van der Waals surface area contributed by atoms with Crippen molar-refractivity contribution in [1.29, 1.82) is 0 Å². The summed E-state index contributed by atoms with van der Waals surface area (Å²) >= 11 is 0. The number of anilines is 1. The Kier molecular flexibility index (Phi) is 5.37. The van der Waals surface area contributed by atoms with Crippen LogP contribution < -0.4 is 15.3 Å². The largest absolute Gasteiger partial charge is 0.378 e. The Bertz CT molecular complexity index is 777. The van der Waals surface area contributed by atoms with Crippen molar-refractivity contribution in [3.63, 3.8) is 0 Å². The van der Waals surface area contributed by atoms with Gasteiger partial charge in [0.05, 0.1) is 0 Å². The lowest BCUT2D eigenvalue weighted by Gasteiger charge is -2.11. The zero-order valence-electron chi connectivity index (χ0n) is 13.6. The maximum atomic E-state index is 4.12. The smallest absolute Gasteiger partial charge is 0.0361 e. The molecule has 0 saturated heterocycles. The second-order valence-corrected chi connectivity index (χ2v) is 5.43. The highest BCUT2D eigenvalue weighted by Crippen LogP contribution is 2.14. The molecule has 2 aromatic carbocycles. The molecule has 0 saturated carbocycles. The lowest BCUT2D eigenvalue weighted by molar-refractivity contribution is 1.13. The van der Waals surface area contributed by atoms with Crippen LogP contribution in [-0.4, -0.2) is 14.1 Å². The van der Waals surface area contributed by atoms with Gasteiger partial charge in [-0.2, -0.15) is 0 Å². The Morgan fingerprint density at radius 3 is 2.23 bits per heavy atom. The zero-order valence-corrected chi connectivity index (χ0v) is 13.6. The first-order valence-electron chi connectivity index (χ1n) is 7.48. The monoisotopic (exact) mass is 289 g/mol. The van der Waals surface area contributed by atoms with E-state index in [1.165, 1.54) is 22.0 Å². The van der Waals surface area contributed by atoms with Gasteiger partial charge in [-0.05, 0) is 40.6 Å². The molecular formula is C21H23N. The summed E-state index contributed by atoms with van der Waals surface area (Å²) in [5, 5.41) is 2.21. The number of allylic oxidation sites excluding steroid dienone is 3. The first-order chi connectivity index (χ1) is 10.6. The average molecular weight is 289 g/mol. The van der Waals surface area contributed by atoms with Gasteiger partial charge in [0, 0.05) is 19.8 Å². The average Bonchev–Trinajstić information content (AvgIpc) is 2.52. The van der Waals surface area contributed by atoms with E-state index >= 15 is 0 Å². The number of benzene rings is 2. The summed E-state index contributed by atoms with van der Waals surface area (Å²) in [7, 11) is 4.10. The predicted octanol–water partition coefficient (Wildman–Crippen LogP) is 3.60. The SMILES string of the molecule is C=c1cccc/c1=C(/C=C\C)\C=C\c1ccc(N(C)C)cc1. The molecular weight excluding hydrogens is 266 g/mol. The van der Waals surface area contributed by atoms with Crippen LogP contribution in [-0.2, 0) is 0 Å². The summed E-state index contributed by atoms with van der Waals surface area (Å²) in [6, 6.07) is 16.7. The third-order valence-electron chi connectivity index (χ3n) is 3.54. The second kappa shape index (κ2) is 7.46. The molecule has 0 aromatic heterocycles. The minimum Gasteiger partial charge on any atom is -0.378 e. The molecule has 0 aliphatic carbocycles. The van der Waals surface area contributed by atoms with Crippen LogP contribution in [0.1, 0.15) is 12.5 Å².